The van der Waals surface area contributed by atoms with E-state index < -0.39 is 0 Å². The van der Waals surface area contributed by atoms with Gasteiger partial charge in [-0.1, -0.05) is 48.0 Å². The predicted octanol–water partition coefficient (Wildman–Crippen LogP) is 4.60. The number of hydrogen-bond acceptors (Lipinski definition) is 3. The Labute approximate surface area is 154 Å². The van der Waals surface area contributed by atoms with Crippen LogP contribution >= 0.6 is 11.6 Å². The van der Waals surface area contributed by atoms with Crippen LogP contribution in [0, 0.1) is 5.82 Å². The topological polar surface area (TPSA) is 46.2 Å². The summed E-state index contributed by atoms with van der Waals surface area (Å²) in [5.41, 5.74) is 1.49. The second kappa shape index (κ2) is 6.39. The van der Waals surface area contributed by atoms with Gasteiger partial charge in [0.1, 0.15) is 16.5 Å². The van der Waals surface area contributed by atoms with Crippen LogP contribution < -0.4 is 5.32 Å². The van der Waals surface area contributed by atoms with E-state index in [1.807, 2.05) is 24.3 Å². The molecule has 0 atom stereocenters. The number of benzene rings is 3. The zero-order valence-electron chi connectivity index (χ0n) is 13.6. The minimum absolute atomic E-state index is 0.0729. The Hall–Kier alpha value is -2.98. The summed E-state index contributed by atoms with van der Waals surface area (Å²) in [4.78, 5) is 25.5. The third-order valence-electron chi connectivity index (χ3n) is 4.40. The van der Waals surface area contributed by atoms with Crippen molar-refractivity contribution in [1.82, 2.24) is 5.32 Å². The molecule has 0 radical (unpaired) electrons. The molecule has 3 nitrogen and oxygen atoms in total. The summed E-state index contributed by atoms with van der Waals surface area (Å²) in [6.45, 7) is 0.258. The maximum absolute atomic E-state index is 13.0. The van der Waals surface area contributed by atoms with Gasteiger partial charge in [-0.25, -0.2) is 4.39 Å². The highest BCUT2D eigenvalue weighted by Gasteiger charge is 2.31. The predicted molar refractivity (Wildman–Crippen MR) is 98.7 cm³/mol. The summed E-state index contributed by atoms with van der Waals surface area (Å²) in [6, 6.07) is 16.8. The monoisotopic (exact) mass is 365 g/mol. The molecule has 4 rings (SSSR count). The lowest BCUT2D eigenvalue weighted by molar-refractivity contribution is 0.0974. The third kappa shape index (κ3) is 2.78. The van der Waals surface area contributed by atoms with Crippen LogP contribution in [0.5, 0.6) is 0 Å². The Morgan fingerprint density at radius 2 is 1.42 bits per heavy atom. The van der Waals surface area contributed by atoms with Crippen molar-refractivity contribution in [3.05, 3.63) is 93.9 Å². The van der Waals surface area contributed by atoms with Gasteiger partial charge in [0.05, 0.1) is 0 Å². The van der Waals surface area contributed by atoms with Crippen molar-refractivity contribution >= 4 is 33.9 Å². The fourth-order valence-corrected chi connectivity index (χ4v) is 3.29. The van der Waals surface area contributed by atoms with E-state index >= 15 is 0 Å². The Morgan fingerprint density at radius 1 is 0.846 bits per heavy atom. The van der Waals surface area contributed by atoms with Crippen molar-refractivity contribution in [2.45, 2.75) is 6.54 Å². The zero-order chi connectivity index (χ0) is 18.3. The molecule has 0 aliphatic heterocycles. The molecular formula is C21H13ClFNO2. The molecule has 0 saturated heterocycles. The molecule has 0 unspecified atom stereocenters. The maximum Gasteiger partial charge on any atom is 0.211 e. The summed E-state index contributed by atoms with van der Waals surface area (Å²) in [6.07, 6.45) is 0. The van der Waals surface area contributed by atoms with Crippen molar-refractivity contribution in [1.29, 1.82) is 0 Å². The van der Waals surface area contributed by atoms with E-state index in [0.717, 1.165) is 16.3 Å². The third-order valence-corrected chi connectivity index (χ3v) is 4.76. The van der Waals surface area contributed by atoms with Gasteiger partial charge >= 0.3 is 0 Å². The van der Waals surface area contributed by atoms with Crippen molar-refractivity contribution in [2.24, 2.45) is 0 Å². The standard InChI is InChI=1S/C21H13ClFNO2/c22-18-19(24-11-12-5-7-15(23)8-6-12)21(26)17-10-14-4-2-1-3-13(14)9-16(17)20(18)25/h1-10,24H,11H2. The van der Waals surface area contributed by atoms with E-state index in [2.05, 4.69) is 5.32 Å². The van der Waals surface area contributed by atoms with Crippen LogP contribution in [-0.4, -0.2) is 11.6 Å². The van der Waals surface area contributed by atoms with Gasteiger partial charge in [-0.05, 0) is 40.6 Å². The van der Waals surface area contributed by atoms with Crippen LogP contribution in [0.1, 0.15) is 26.3 Å². The second-order valence-electron chi connectivity index (χ2n) is 6.07. The molecule has 1 N–H and O–H groups in total. The average molecular weight is 366 g/mol. The fourth-order valence-electron chi connectivity index (χ4n) is 3.03. The molecule has 0 spiro atoms. The number of hydrogen-bond donors (Lipinski definition) is 1. The van der Waals surface area contributed by atoms with Crippen LogP contribution in [0.3, 0.4) is 0 Å². The van der Waals surface area contributed by atoms with E-state index in [-0.39, 0.29) is 34.7 Å². The van der Waals surface area contributed by atoms with Crippen molar-refractivity contribution < 1.29 is 14.0 Å². The number of nitrogens with one attached hydrogen (secondary N) is 1. The summed E-state index contributed by atoms with van der Waals surface area (Å²) in [7, 11) is 0. The first kappa shape index (κ1) is 16.5. The van der Waals surface area contributed by atoms with Gasteiger partial charge < -0.3 is 5.32 Å². The van der Waals surface area contributed by atoms with Crippen LogP contribution in [0.2, 0.25) is 0 Å². The molecule has 0 bridgehead atoms. The smallest absolute Gasteiger partial charge is 0.211 e. The lowest BCUT2D eigenvalue weighted by Crippen LogP contribution is -2.28. The molecule has 0 fully saturated rings. The van der Waals surface area contributed by atoms with Crippen molar-refractivity contribution in [2.75, 3.05) is 0 Å². The Bertz CT molecular complexity index is 1090. The average Bonchev–Trinajstić information content (AvgIpc) is 2.66. The molecule has 5 heteroatoms. The summed E-state index contributed by atoms with van der Waals surface area (Å²) < 4.78 is 13.0. The number of rotatable bonds is 3. The minimum atomic E-state index is -0.381. The normalized spacial score (nSPS) is 13.9. The van der Waals surface area contributed by atoms with E-state index in [1.165, 1.54) is 12.1 Å². The highest BCUT2D eigenvalue weighted by atomic mass is 35.5. The Morgan fingerprint density at radius 3 is 2.04 bits per heavy atom. The molecule has 1 aliphatic rings. The van der Waals surface area contributed by atoms with Gasteiger partial charge in [0.15, 0.2) is 0 Å². The zero-order valence-corrected chi connectivity index (χ0v) is 14.3. The largest absolute Gasteiger partial charge is 0.376 e. The second-order valence-corrected chi connectivity index (χ2v) is 6.45. The lowest BCUT2D eigenvalue weighted by Gasteiger charge is -2.19. The first-order valence-corrected chi connectivity index (χ1v) is 8.42. The molecule has 3 aromatic carbocycles. The van der Waals surface area contributed by atoms with Gasteiger partial charge in [-0.2, -0.15) is 0 Å². The lowest BCUT2D eigenvalue weighted by atomic mass is 9.89. The van der Waals surface area contributed by atoms with Crippen molar-refractivity contribution in [3.8, 4) is 0 Å². The molecule has 0 saturated carbocycles. The number of allylic oxidation sites excluding steroid dienone is 2. The van der Waals surface area contributed by atoms with Gasteiger partial charge in [-0.3, -0.25) is 9.59 Å². The van der Waals surface area contributed by atoms with Crippen molar-refractivity contribution in [3.63, 3.8) is 0 Å². The molecular weight excluding hydrogens is 353 g/mol. The first-order valence-electron chi connectivity index (χ1n) is 8.05. The number of halogens is 2. The van der Waals surface area contributed by atoms with Crippen LogP contribution in [0.25, 0.3) is 10.8 Å². The Balaban J connectivity index is 1.70. The molecule has 0 amide bonds. The molecule has 3 aromatic rings. The van der Waals surface area contributed by atoms with E-state index in [9.17, 15) is 14.0 Å². The number of ketones is 2. The van der Waals surface area contributed by atoms with Crippen LogP contribution in [-0.2, 0) is 6.54 Å². The van der Waals surface area contributed by atoms with Crippen LogP contribution in [0.4, 0.5) is 4.39 Å². The fraction of sp³-hybridized carbons (Fsp3) is 0.0476. The quantitative estimate of drug-likeness (QED) is 0.738. The highest BCUT2D eigenvalue weighted by molar-refractivity contribution is 6.50. The molecule has 128 valence electrons. The number of Topliss-reactive ketones (excluding diaryl/α,β-unsaturated/α-hetero) is 2. The summed E-state index contributed by atoms with van der Waals surface area (Å²) in [5, 5.41) is 4.56. The maximum atomic E-state index is 13.0. The summed E-state index contributed by atoms with van der Waals surface area (Å²) in [5.74, 6) is -1.04. The number of carbonyl (C=O) groups excluding carboxylic acids is 2. The van der Waals surface area contributed by atoms with Gasteiger partial charge in [0.25, 0.3) is 0 Å². The molecule has 0 aromatic heterocycles. The first-order chi connectivity index (χ1) is 12.5. The number of carbonyl (C=O) groups is 2. The van der Waals surface area contributed by atoms with E-state index in [4.69, 9.17) is 11.6 Å². The minimum Gasteiger partial charge on any atom is -0.376 e. The molecule has 0 heterocycles. The van der Waals surface area contributed by atoms with Gasteiger partial charge in [-0.15, -0.1) is 0 Å². The summed E-state index contributed by atoms with van der Waals surface area (Å²) >= 11 is 6.19. The molecule has 1 aliphatic carbocycles. The highest BCUT2D eigenvalue weighted by Crippen LogP contribution is 2.31. The molecule has 26 heavy (non-hydrogen) atoms. The van der Waals surface area contributed by atoms with E-state index in [1.54, 1.807) is 24.3 Å². The van der Waals surface area contributed by atoms with E-state index in [0.29, 0.717) is 11.1 Å². The van der Waals surface area contributed by atoms with Crippen LogP contribution in [0.15, 0.2) is 71.4 Å². The van der Waals surface area contributed by atoms with Gasteiger partial charge in [0.2, 0.25) is 11.6 Å². The number of fused-ring (bicyclic) bond motifs is 2. The Kier molecular flexibility index (Phi) is 4.05. The van der Waals surface area contributed by atoms with Gasteiger partial charge in [0, 0.05) is 17.7 Å². The SMILES string of the molecule is O=C1C(Cl)=C(NCc2ccc(F)cc2)C(=O)c2cc3ccccc3cc21.